The standard InChI is InChI=1S/C19H27F3N6O3S/c1-12-8-28(32(4,30)31)6-5-14(12)25-17-23-7-13(19(20,21)22)16(26-17)15-9-27(11-24-15)10-18(2,3)29/h7,9,11-12,14,29H,5-6,8,10H2,1-4H3,(H,23,25,26)/t12-,14+/m1/s1. The largest absolute Gasteiger partial charge is 0.420 e. The van der Waals surface area contributed by atoms with E-state index in [2.05, 4.69) is 20.3 Å². The highest BCUT2D eigenvalue weighted by Gasteiger charge is 2.37. The Kier molecular flexibility index (Phi) is 6.55. The van der Waals surface area contributed by atoms with E-state index in [4.69, 9.17) is 0 Å². The molecule has 2 aromatic rings. The Morgan fingerprint density at radius 1 is 1.28 bits per heavy atom. The molecule has 2 aromatic heterocycles. The van der Waals surface area contributed by atoms with Gasteiger partial charge in [0.05, 0.1) is 24.7 Å². The molecule has 32 heavy (non-hydrogen) atoms. The molecule has 0 aromatic carbocycles. The maximum Gasteiger partial charge on any atom is 0.420 e. The average molecular weight is 477 g/mol. The quantitative estimate of drug-likeness (QED) is 0.657. The van der Waals surface area contributed by atoms with Crippen LogP contribution in [0.2, 0.25) is 0 Å². The summed E-state index contributed by atoms with van der Waals surface area (Å²) < 4.78 is 67.2. The van der Waals surface area contributed by atoms with Gasteiger partial charge in [0.25, 0.3) is 0 Å². The lowest BCUT2D eigenvalue weighted by Gasteiger charge is -2.35. The summed E-state index contributed by atoms with van der Waals surface area (Å²) in [5, 5.41) is 13.0. The smallest absolute Gasteiger partial charge is 0.389 e. The van der Waals surface area contributed by atoms with Gasteiger partial charge in [0, 0.05) is 31.5 Å². The van der Waals surface area contributed by atoms with Crippen LogP contribution in [0.25, 0.3) is 11.4 Å². The number of piperidine rings is 1. The number of imidazole rings is 1. The first-order valence-electron chi connectivity index (χ1n) is 10.0. The minimum Gasteiger partial charge on any atom is -0.389 e. The van der Waals surface area contributed by atoms with Gasteiger partial charge in [0.15, 0.2) is 0 Å². The van der Waals surface area contributed by atoms with Crippen LogP contribution in [0, 0.1) is 5.92 Å². The molecule has 1 fully saturated rings. The van der Waals surface area contributed by atoms with E-state index >= 15 is 0 Å². The molecular weight excluding hydrogens is 449 g/mol. The minimum atomic E-state index is -4.68. The van der Waals surface area contributed by atoms with Crippen LogP contribution in [0.3, 0.4) is 0 Å². The number of aliphatic hydroxyl groups is 1. The van der Waals surface area contributed by atoms with Gasteiger partial charge >= 0.3 is 6.18 Å². The van der Waals surface area contributed by atoms with Crippen molar-refractivity contribution >= 4 is 16.0 Å². The number of nitrogens with zero attached hydrogens (tertiary/aromatic N) is 5. The number of hydrogen-bond acceptors (Lipinski definition) is 7. The first kappa shape index (κ1) is 24.4. The molecule has 2 atom stereocenters. The van der Waals surface area contributed by atoms with Gasteiger partial charge in [-0.1, -0.05) is 6.92 Å². The number of anilines is 1. The van der Waals surface area contributed by atoms with Crippen molar-refractivity contribution in [3.05, 3.63) is 24.3 Å². The van der Waals surface area contributed by atoms with E-state index in [9.17, 15) is 26.7 Å². The third-order valence-corrected chi connectivity index (χ3v) is 6.46. The molecule has 0 aliphatic carbocycles. The van der Waals surface area contributed by atoms with E-state index in [1.54, 1.807) is 13.8 Å². The van der Waals surface area contributed by atoms with Crippen molar-refractivity contribution in [2.24, 2.45) is 5.92 Å². The first-order valence-corrected chi connectivity index (χ1v) is 11.9. The summed E-state index contributed by atoms with van der Waals surface area (Å²) in [5.74, 6) is -0.0893. The molecule has 0 unspecified atom stereocenters. The van der Waals surface area contributed by atoms with Crippen molar-refractivity contribution in [3.63, 3.8) is 0 Å². The van der Waals surface area contributed by atoms with Gasteiger partial charge in [-0.3, -0.25) is 0 Å². The molecule has 0 saturated carbocycles. The van der Waals surface area contributed by atoms with Crippen LogP contribution in [0.4, 0.5) is 19.1 Å². The predicted octanol–water partition coefficient (Wildman–Crippen LogP) is 2.21. The number of hydrogen-bond donors (Lipinski definition) is 2. The van der Waals surface area contributed by atoms with Gasteiger partial charge in [-0.05, 0) is 26.2 Å². The summed E-state index contributed by atoms with van der Waals surface area (Å²) >= 11 is 0. The number of sulfonamides is 1. The maximum atomic E-state index is 13.6. The number of nitrogens with one attached hydrogen (secondary N) is 1. The number of halogens is 3. The lowest BCUT2D eigenvalue weighted by molar-refractivity contribution is -0.137. The summed E-state index contributed by atoms with van der Waals surface area (Å²) in [6.07, 6.45) is 0.389. The van der Waals surface area contributed by atoms with E-state index in [0.717, 1.165) is 12.5 Å². The molecule has 0 bridgehead atoms. The molecule has 13 heteroatoms. The zero-order valence-corrected chi connectivity index (χ0v) is 19.1. The minimum absolute atomic E-state index is 0.00645. The molecule has 3 heterocycles. The fourth-order valence-corrected chi connectivity index (χ4v) is 4.60. The highest BCUT2D eigenvalue weighted by Crippen LogP contribution is 2.36. The van der Waals surface area contributed by atoms with Gasteiger partial charge in [-0.15, -0.1) is 0 Å². The monoisotopic (exact) mass is 476 g/mol. The van der Waals surface area contributed by atoms with Crippen molar-refractivity contribution in [2.45, 2.75) is 51.6 Å². The van der Waals surface area contributed by atoms with Crippen molar-refractivity contribution in [1.82, 2.24) is 23.8 Å². The molecule has 0 spiro atoms. The molecule has 2 N–H and O–H groups in total. The molecule has 178 valence electrons. The van der Waals surface area contributed by atoms with Crippen LogP contribution < -0.4 is 5.32 Å². The highest BCUT2D eigenvalue weighted by atomic mass is 32.2. The third kappa shape index (κ3) is 5.95. The Balaban J connectivity index is 1.87. The van der Waals surface area contributed by atoms with Crippen molar-refractivity contribution < 1.29 is 26.7 Å². The van der Waals surface area contributed by atoms with Gasteiger partial charge in [-0.2, -0.15) is 13.2 Å². The molecule has 9 nitrogen and oxygen atoms in total. The lowest BCUT2D eigenvalue weighted by atomic mass is 9.95. The molecule has 0 radical (unpaired) electrons. The first-order chi connectivity index (χ1) is 14.6. The Morgan fingerprint density at radius 3 is 2.53 bits per heavy atom. The molecule has 1 aliphatic heterocycles. The summed E-state index contributed by atoms with van der Waals surface area (Å²) in [6, 6.07) is -0.203. The van der Waals surface area contributed by atoms with E-state index in [-0.39, 0.29) is 35.8 Å². The lowest BCUT2D eigenvalue weighted by Crippen LogP contribution is -2.47. The number of alkyl halides is 3. The average Bonchev–Trinajstić information content (AvgIpc) is 3.08. The molecule has 3 rings (SSSR count). The van der Waals surface area contributed by atoms with Crippen LogP contribution >= 0.6 is 0 Å². The SMILES string of the molecule is C[C@@H]1CN(S(C)(=O)=O)CC[C@@H]1Nc1ncc(C(F)(F)F)c(-c2cn(CC(C)(C)O)cn2)n1. The summed E-state index contributed by atoms with van der Waals surface area (Å²) in [7, 11) is -3.31. The van der Waals surface area contributed by atoms with Crippen LogP contribution in [-0.4, -0.2) is 68.3 Å². The zero-order valence-electron chi connectivity index (χ0n) is 18.3. The highest BCUT2D eigenvalue weighted by molar-refractivity contribution is 7.88. The van der Waals surface area contributed by atoms with Crippen LogP contribution in [0.15, 0.2) is 18.7 Å². The van der Waals surface area contributed by atoms with E-state index in [0.29, 0.717) is 19.5 Å². The van der Waals surface area contributed by atoms with Gasteiger partial charge in [0.2, 0.25) is 16.0 Å². The van der Waals surface area contributed by atoms with Gasteiger partial charge < -0.3 is 15.0 Å². The third-order valence-electron chi connectivity index (χ3n) is 5.19. The van der Waals surface area contributed by atoms with E-state index < -0.39 is 27.4 Å². The Bertz CT molecular complexity index is 1060. The van der Waals surface area contributed by atoms with Crippen LogP contribution in [0.5, 0.6) is 0 Å². The van der Waals surface area contributed by atoms with E-state index in [1.165, 1.54) is 21.4 Å². The van der Waals surface area contributed by atoms with Crippen molar-refractivity contribution in [3.8, 4) is 11.4 Å². The van der Waals surface area contributed by atoms with Crippen molar-refractivity contribution in [2.75, 3.05) is 24.7 Å². The molecule has 1 saturated heterocycles. The molecule has 0 amide bonds. The Morgan fingerprint density at radius 2 is 1.97 bits per heavy atom. The fourth-order valence-electron chi connectivity index (χ4n) is 3.66. The van der Waals surface area contributed by atoms with Gasteiger partial charge in [0.1, 0.15) is 17.0 Å². The Hall–Kier alpha value is -2.25. The maximum absolute atomic E-state index is 13.6. The van der Waals surface area contributed by atoms with Gasteiger partial charge in [-0.25, -0.2) is 27.7 Å². The second kappa shape index (κ2) is 8.60. The van der Waals surface area contributed by atoms with Crippen LogP contribution in [0.1, 0.15) is 32.8 Å². The number of rotatable bonds is 6. The zero-order chi connectivity index (χ0) is 23.9. The summed E-state index contributed by atoms with van der Waals surface area (Å²) in [6.45, 7) is 5.76. The number of aromatic nitrogens is 4. The second-order valence-electron chi connectivity index (χ2n) is 8.84. The Labute approximate surface area is 184 Å². The fraction of sp³-hybridized carbons (Fsp3) is 0.632. The van der Waals surface area contributed by atoms with Crippen molar-refractivity contribution in [1.29, 1.82) is 0 Å². The van der Waals surface area contributed by atoms with Crippen LogP contribution in [-0.2, 0) is 22.7 Å². The second-order valence-corrected chi connectivity index (χ2v) is 10.8. The molecular formula is C19H27F3N6O3S. The predicted molar refractivity (Wildman–Crippen MR) is 112 cm³/mol. The summed E-state index contributed by atoms with van der Waals surface area (Å²) in [5.41, 5.74) is -2.45. The normalized spacial score (nSPS) is 21.0. The summed E-state index contributed by atoms with van der Waals surface area (Å²) in [4.78, 5) is 12.0. The molecule has 1 aliphatic rings. The topological polar surface area (TPSA) is 113 Å². The van der Waals surface area contributed by atoms with E-state index in [1.807, 2.05) is 6.92 Å².